The van der Waals surface area contributed by atoms with Crippen molar-refractivity contribution in [1.82, 2.24) is 4.90 Å². The molecule has 1 N–H and O–H groups in total. The van der Waals surface area contributed by atoms with Gasteiger partial charge in [0.15, 0.2) is 0 Å². The molecular formula is C21H24F2N2OS. The summed E-state index contributed by atoms with van der Waals surface area (Å²) in [5.41, 5.74) is 2.11. The quantitative estimate of drug-likeness (QED) is 0.622. The first kappa shape index (κ1) is 19.7. The van der Waals surface area contributed by atoms with Crippen LogP contribution in [0.5, 0.6) is 0 Å². The van der Waals surface area contributed by atoms with Gasteiger partial charge in [0.25, 0.3) is 11.7 Å². The molecular weight excluding hydrogens is 366 g/mol. The van der Waals surface area contributed by atoms with E-state index in [-0.39, 0.29) is 18.0 Å². The molecule has 144 valence electrons. The molecule has 1 aliphatic rings. The Morgan fingerprint density at radius 3 is 2.33 bits per heavy atom. The SMILES string of the molecule is C[C@H]1CCC[C@H](C)N1C(=O)c1ccccc1Nc1ccc(SC(F)F)cc1. The van der Waals surface area contributed by atoms with E-state index in [9.17, 15) is 13.6 Å². The van der Waals surface area contributed by atoms with Crippen molar-refractivity contribution in [3.8, 4) is 0 Å². The number of nitrogens with one attached hydrogen (secondary N) is 1. The third-order valence-electron chi connectivity index (χ3n) is 4.94. The summed E-state index contributed by atoms with van der Waals surface area (Å²) in [5, 5.41) is 3.26. The number of thioether (sulfide) groups is 1. The Balaban J connectivity index is 1.80. The van der Waals surface area contributed by atoms with Gasteiger partial charge in [-0.05, 0) is 69.5 Å². The topological polar surface area (TPSA) is 32.3 Å². The van der Waals surface area contributed by atoms with Crippen LogP contribution >= 0.6 is 11.8 Å². The van der Waals surface area contributed by atoms with E-state index in [1.807, 2.05) is 29.2 Å². The maximum absolute atomic E-state index is 13.2. The van der Waals surface area contributed by atoms with Gasteiger partial charge in [0.2, 0.25) is 0 Å². The van der Waals surface area contributed by atoms with Crippen molar-refractivity contribution in [2.45, 2.75) is 55.8 Å². The van der Waals surface area contributed by atoms with Crippen molar-refractivity contribution in [1.29, 1.82) is 0 Å². The van der Waals surface area contributed by atoms with Crippen LogP contribution in [0, 0.1) is 0 Å². The van der Waals surface area contributed by atoms with Crippen LogP contribution in [0.4, 0.5) is 20.2 Å². The highest BCUT2D eigenvalue weighted by molar-refractivity contribution is 7.99. The summed E-state index contributed by atoms with van der Waals surface area (Å²) in [4.78, 5) is 15.7. The van der Waals surface area contributed by atoms with Gasteiger partial charge in [-0.3, -0.25) is 4.79 Å². The summed E-state index contributed by atoms with van der Waals surface area (Å²) in [7, 11) is 0. The van der Waals surface area contributed by atoms with Crippen LogP contribution in [0.25, 0.3) is 0 Å². The van der Waals surface area contributed by atoms with Crippen molar-refractivity contribution in [2.75, 3.05) is 5.32 Å². The molecule has 1 saturated heterocycles. The average Bonchev–Trinajstić information content (AvgIpc) is 2.63. The van der Waals surface area contributed by atoms with Gasteiger partial charge < -0.3 is 10.2 Å². The Kier molecular flexibility index (Phi) is 6.37. The molecule has 3 rings (SSSR count). The number of piperidine rings is 1. The smallest absolute Gasteiger partial charge is 0.288 e. The average molecular weight is 390 g/mol. The lowest BCUT2D eigenvalue weighted by atomic mass is 9.96. The van der Waals surface area contributed by atoms with Crippen molar-refractivity contribution in [2.24, 2.45) is 0 Å². The number of carbonyl (C=O) groups is 1. The van der Waals surface area contributed by atoms with Crippen molar-refractivity contribution in [3.05, 3.63) is 54.1 Å². The number of benzene rings is 2. The minimum absolute atomic E-state index is 0.0303. The molecule has 0 saturated carbocycles. The zero-order valence-corrected chi connectivity index (χ0v) is 16.3. The molecule has 0 aliphatic carbocycles. The van der Waals surface area contributed by atoms with Crippen LogP contribution in [0.15, 0.2) is 53.4 Å². The molecule has 1 heterocycles. The van der Waals surface area contributed by atoms with Gasteiger partial charge in [0, 0.05) is 22.7 Å². The minimum atomic E-state index is -2.43. The van der Waals surface area contributed by atoms with Crippen LogP contribution in [-0.2, 0) is 0 Å². The summed E-state index contributed by atoms with van der Waals surface area (Å²) in [6.07, 6.45) is 3.19. The number of anilines is 2. The first-order valence-electron chi connectivity index (χ1n) is 9.19. The normalized spacial score (nSPS) is 20.0. The molecule has 2 aromatic rings. The third-order valence-corrected chi connectivity index (χ3v) is 5.67. The fourth-order valence-corrected chi connectivity index (χ4v) is 4.11. The standard InChI is InChI=1S/C21H24F2N2OS/c1-14-6-5-7-15(2)25(14)20(26)18-8-3-4-9-19(18)24-16-10-12-17(13-11-16)27-21(22)23/h3-4,8-15,21,24H,5-7H2,1-2H3/t14-,15-/m0/s1. The van der Waals surface area contributed by atoms with E-state index >= 15 is 0 Å². The Bertz CT molecular complexity index is 772. The molecule has 0 spiro atoms. The molecule has 1 fully saturated rings. The molecule has 6 heteroatoms. The monoisotopic (exact) mass is 390 g/mol. The number of rotatable bonds is 5. The number of nitrogens with zero attached hydrogens (tertiary/aromatic N) is 1. The van der Waals surface area contributed by atoms with Crippen LogP contribution in [0.2, 0.25) is 0 Å². The number of para-hydroxylation sites is 1. The number of likely N-dealkylation sites (tertiary alicyclic amines) is 1. The second kappa shape index (κ2) is 8.74. The molecule has 0 radical (unpaired) electrons. The van der Waals surface area contributed by atoms with E-state index in [0.29, 0.717) is 22.2 Å². The molecule has 27 heavy (non-hydrogen) atoms. The Labute approximate surface area is 163 Å². The van der Waals surface area contributed by atoms with Crippen molar-refractivity contribution >= 4 is 29.0 Å². The predicted molar refractivity (Wildman–Crippen MR) is 107 cm³/mol. The molecule has 1 aliphatic heterocycles. The zero-order valence-electron chi connectivity index (χ0n) is 15.5. The van der Waals surface area contributed by atoms with E-state index in [2.05, 4.69) is 19.2 Å². The van der Waals surface area contributed by atoms with Crippen molar-refractivity contribution in [3.63, 3.8) is 0 Å². The van der Waals surface area contributed by atoms with Gasteiger partial charge in [0.1, 0.15) is 0 Å². The summed E-state index contributed by atoms with van der Waals surface area (Å²) < 4.78 is 24.9. The number of alkyl halides is 2. The van der Waals surface area contributed by atoms with Gasteiger partial charge in [-0.2, -0.15) is 8.78 Å². The van der Waals surface area contributed by atoms with E-state index in [0.717, 1.165) is 30.6 Å². The highest BCUT2D eigenvalue weighted by Crippen LogP contribution is 2.30. The maximum Gasteiger partial charge on any atom is 0.288 e. The van der Waals surface area contributed by atoms with Gasteiger partial charge in [0.05, 0.1) is 11.3 Å². The van der Waals surface area contributed by atoms with E-state index in [4.69, 9.17) is 0 Å². The minimum Gasteiger partial charge on any atom is -0.355 e. The molecule has 0 unspecified atom stereocenters. The lowest BCUT2D eigenvalue weighted by Gasteiger charge is -2.39. The highest BCUT2D eigenvalue weighted by Gasteiger charge is 2.30. The largest absolute Gasteiger partial charge is 0.355 e. The third kappa shape index (κ3) is 4.80. The number of hydrogen-bond donors (Lipinski definition) is 1. The lowest BCUT2D eigenvalue weighted by Crippen LogP contribution is -2.47. The molecule has 1 amide bonds. The molecule has 2 atom stereocenters. The number of amides is 1. The second-order valence-electron chi connectivity index (χ2n) is 6.91. The number of carbonyl (C=O) groups excluding carboxylic acids is 1. The summed E-state index contributed by atoms with van der Waals surface area (Å²) >= 11 is 0.519. The summed E-state index contributed by atoms with van der Waals surface area (Å²) in [6.45, 7) is 4.20. The highest BCUT2D eigenvalue weighted by atomic mass is 32.2. The number of hydrogen-bond acceptors (Lipinski definition) is 3. The van der Waals surface area contributed by atoms with Crippen molar-refractivity contribution < 1.29 is 13.6 Å². The summed E-state index contributed by atoms with van der Waals surface area (Å²) in [6, 6.07) is 14.7. The van der Waals surface area contributed by atoms with Crippen LogP contribution in [0.1, 0.15) is 43.5 Å². The molecule has 0 aromatic heterocycles. The van der Waals surface area contributed by atoms with Crippen LogP contribution in [-0.4, -0.2) is 28.6 Å². The Morgan fingerprint density at radius 1 is 1.07 bits per heavy atom. The predicted octanol–water partition coefficient (Wildman–Crippen LogP) is 6.15. The first-order chi connectivity index (χ1) is 13.0. The zero-order chi connectivity index (χ0) is 19.4. The number of halogens is 2. The summed E-state index contributed by atoms with van der Waals surface area (Å²) in [5.74, 6) is -2.40. The van der Waals surface area contributed by atoms with Gasteiger partial charge in [-0.15, -0.1) is 0 Å². The van der Waals surface area contributed by atoms with Gasteiger partial charge in [-0.1, -0.05) is 23.9 Å². The fraction of sp³-hybridized carbons (Fsp3) is 0.381. The van der Waals surface area contributed by atoms with Crippen LogP contribution in [0.3, 0.4) is 0 Å². The molecule has 3 nitrogen and oxygen atoms in total. The maximum atomic E-state index is 13.2. The Hall–Kier alpha value is -2.08. The Morgan fingerprint density at radius 2 is 1.70 bits per heavy atom. The van der Waals surface area contributed by atoms with E-state index in [1.54, 1.807) is 24.3 Å². The van der Waals surface area contributed by atoms with Crippen LogP contribution < -0.4 is 5.32 Å². The van der Waals surface area contributed by atoms with Gasteiger partial charge in [-0.25, -0.2) is 0 Å². The lowest BCUT2D eigenvalue weighted by molar-refractivity contribution is 0.0512. The molecule has 0 bridgehead atoms. The molecule has 2 aromatic carbocycles. The van der Waals surface area contributed by atoms with E-state index in [1.165, 1.54) is 0 Å². The fourth-order valence-electron chi connectivity index (χ4n) is 3.61. The van der Waals surface area contributed by atoms with E-state index < -0.39 is 5.76 Å². The first-order valence-corrected chi connectivity index (χ1v) is 10.1. The second-order valence-corrected chi connectivity index (χ2v) is 7.98. The van der Waals surface area contributed by atoms with Gasteiger partial charge >= 0.3 is 0 Å².